The summed E-state index contributed by atoms with van der Waals surface area (Å²) in [4.78, 5) is 12.6. The van der Waals surface area contributed by atoms with Gasteiger partial charge in [-0.2, -0.15) is 5.26 Å². The van der Waals surface area contributed by atoms with Crippen molar-refractivity contribution in [2.24, 2.45) is 0 Å². The van der Waals surface area contributed by atoms with E-state index in [9.17, 15) is 10.1 Å². The summed E-state index contributed by atoms with van der Waals surface area (Å²) in [6.45, 7) is 7.58. The average Bonchev–Trinajstić information content (AvgIpc) is 2.62. The average molecular weight is 349 g/mol. The van der Waals surface area contributed by atoms with Gasteiger partial charge >= 0.3 is 5.97 Å². The molecule has 3 nitrogen and oxygen atoms in total. The molecule has 0 radical (unpaired) electrons. The molecule has 2 aromatic rings. The van der Waals surface area contributed by atoms with Crippen molar-refractivity contribution in [3.8, 4) is 6.07 Å². The van der Waals surface area contributed by atoms with Crippen LogP contribution in [0, 0.1) is 11.3 Å². The number of hydrogen-bond donors (Lipinski definition) is 0. The first-order chi connectivity index (χ1) is 12.3. The largest absolute Gasteiger partial charge is 0.460 e. The van der Waals surface area contributed by atoms with Crippen molar-refractivity contribution >= 4 is 5.97 Å². The topological polar surface area (TPSA) is 50.1 Å². The van der Waals surface area contributed by atoms with Crippen LogP contribution in [0.4, 0.5) is 0 Å². The highest BCUT2D eigenvalue weighted by Crippen LogP contribution is 2.44. The van der Waals surface area contributed by atoms with Gasteiger partial charge in [-0.05, 0) is 38.3 Å². The highest BCUT2D eigenvalue weighted by atomic mass is 16.6. The second-order valence-corrected chi connectivity index (χ2v) is 7.56. The number of nitriles is 1. The summed E-state index contributed by atoms with van der Waals surface area (Å²) >= 11 is 0. The van der Waals surface area contributed by atoms with Crippen LogP contribution < -0.4 is 0 Å². The predicted molar refractivity (Wildman–Crippen MR) is 104 cm³/mol. The standard InChI is InChI=1S/C23H27NO2/c1-5-23(17-24,19-14-10-7-11-15-19)20(18-12-8-6-9-13-18)16-21(25)26-22(2,3)4/h6-15,20H,5,16H2,1-4H3/t20-,23-/m1/s1. The number of carbonyl (C=O) groups excluding carboxylic acids is 1. The molecule has 26 heavy (non-hydrogen) atoms. The number of esters is 1. The normalized spacial score (nSPS) is 14.7. The number of hydrogen-bond acceptors (Lipinski definition) is 3. The molecule has 3 heteroatoms. The molecule has 2 rings (SSSR count). The van der Waals surface area contributed by atoms with Crippen LogP contribution in [0.3, 0.4) is 0 Å². The Labute approximate surface area is 156 Å². The van der Waals surface area contributed by atoms with Crippen LogP contribution >= 0.6 is 0 Å². The van der Waals surface area contributed by atoms with Crippen LogP contribution in [-0.4, -0.2) is 11.6 Å². The molecule has 0 saturated carbocycles. The van der Waals surface area contributed by atoms with Crippen molar-refractivity contribution in [2.45, 2.75) is 57.5 Å². The molecule has 0 aliphatic rings. The van der Waals surface area contributed by atoms with E-state index in [1.165, 1.54) is 0 Å². The third-order valence-electron chi connectivity index (χ3n) is 4.63. The van der Waals surface area contributed by atoms with Gasteiger partial charge in [0.15, 0.2) is 0 Å². The van der Waals surface area contributed by atoms with Crippen LogP contribution in [-0.2, 0) is 14.9 Å². The molecule has 0 fully saturated rings. The van der Waals surface area contributed by atoms with Crippen LogP contribution in [0.1, 0.15) is 57.6 Å². The number of ether oxygens (including phenoxy) is 1. The zero-order valence-electron chi connectivity index (χ0n) is 16.0. The Balaban J connectivity index is 2.51. The minimum atomic E-state index is -0.792. The fourth-order valence-electron chi connectivity index (χ4n) is 3.42. The van der Waals surface area contributed by atoms with E-state index in [1.807, 2.05) is 88.4 Å². The van der Waals surface area contributed by atoms with Crippen LogP contribution in [0.15, 0.2) is 60.7 Å². The van der Waals surface area contributed by atoms with Crippen molar-refractivity contribution in [1.29, 1.82) is 5.26 Å². The predicted octanol–water partition coefficient (Wildman–Crippen LogP) is 5.37. The summed E-state index contributed by atoms with van der Waals surface area (Å²) in [6, 6.07) is 22.1. The molecule has 2 atom stereocenters. The lowest BCUT2D eigenvalue weighted by molar-refractivity contribution is -0.155. The van der Waals surface area contributed by atoms with E-state index in [0.29, 0.717) is 6.42 Å². The molecule has 0 bridgehead atoms. The third-order valence-corrected chi connectivity index (χ3v) is 4.63. The van der Waals surface area contributed by atoms with Gasteiger partial charge in [-0.1, -0.05) is 67.6 Å². The zero-order valence-corrected chi connectivity index (χ0v) is 16.0. The first-order valence-corrected chi connectivity index (χ1v) is 9.06. The minimum Gasteiger partial charge on any atom is -0.460 e. The SMILES string of the molecule is CC[C@@](C#N)(c1ccccc1)[C@H](CC(=O)OC(C)(C)C)c1ccccc1. The zero-order chi connectivity index (χ0) is 19.2. The summed E-state index contributed by atoms with van der Waals surface area (Å²) in [5.41, 5.74) is 0.569. The summed E-state index contributed by atoms with van der Waals surface area (Å²) in [5.74, 6) is -0.564. The summed E-state index contributed by atoms with van der Waals surface area (Å²) in [7, 11) is 0. The van der Waals surface area contributed by atoms with Crippen LogP contribution in [0.2, 0.25) is 0 Å². The van der Waals surface area contributed by atoms with Crippen LogP contribution in [0.25, 0.3) is 0 Å². The van der Waals surface area contributed by atoms with Gasteiger partial charge in [0.25, 0.3) is 0 Å². The Hall–Kier alpha value is -2.60. The number of rotatable bonds is 6. The van der Waals surface area contributed by atoms with Crippen molar-refractivity contribution in [3.63, 3.8) is 0 Å². The van der Waals surface area contributed by atoms with E-state index in [0.717, 1.165) is 11.1 Å². The Bertz CT molecular complexity index is 756. The van der Waals surface area contributed by atoms with Gasteiger partial charge in [0.1, 0.15) is 5.60 Å². The second-order valence-electron chi connectivity index (χ2n) is 7.56. The molecular formula is C23H27NO2. The molecule has 0 unspecified atom stereocenters. The van der Waals surface area contributed by atoms with Crippen molar-refractivity contribution in [2.75, 3.05) is 0 Å². The first kappa shape index (κ1) is 19.7. The Kier molecular flexibility index (Phi) is 6.21. The highest BCUT2D eigenvalue weighted by molar-refractivity contribution is 5.72. The smallest absolute Gasteiger partial charge is 0.306 e. The molecule has 0 aromatic heterocycles. The maximum absolute atomic E-state index is 12.6. The van der Waals surface area contributed by atoms with Gasteiger partial charge in [-0.3, -0.25) is 4.79 Å². The molecule has 136 valence electrons. The summed E-state index contributed by atoms with van der Waals surface area (Å²) < 4.78 is 5.56. The van der Waals surface area contributed by atoms with E-state index in [2.05, 4.69) is 6.07 Å². The van der Waals surface area contributed by atoms with Crippen molar-refractivity contribution in [3.05, 3.63) is 71.8 Å². The number of benzene rings is 2. The maximum Gasteiger partial charge on any atom is 0.306 e. The van der Waals surface area contributed by atoms with E-state index < -0.39 is 11.0 Å². The van der Waals surface area contributed by atoms with Crippen LogP contribution in [0.5, 0.6) is 0 Å². The fourth-order valence-corrected chi connectivity index (χ4v) is 3.42. The molecule has 0 aliphatic heterocycles. The monoisotopic (exact) mass is 349 g/mol. The molecule has 0 aliphatic carbocycles. The summed E-state index contributed by atoms with van der Waals surface area (Å²) in [5, 5.41) is 10.2. The van der Waals surface area contributed by atoms with E-state index in [-0.39, 0.29) is 18.3 Å². The minimum absolute atomic E-state index is 0.164. The highest BCUT2D eigenvalue weighted by Gasteiger charge is 2.42. The van der Waals surface area contributed by atoms with Gasteiger partial charge in [-0.25, -0.2) is 0 Å². The van der Waals surface area contributed by atoms with Gasteiger partial charge in [0, 0.05) is 5.92 Å². The van der Waals surface area contributed by atoms with E-state index in [4.69, 9.17) is 4.74 Å². The van der Waals surface area contributed by atoms with Gasteiger partial charge < -0.3 is 4.74 Å². The molecule has 0 amide bonds. The van der Waals surface area contributed by atoms with Gasteiger partial charge in [0.05, 0.1) is 17.9 Å². The lowest BCUT2D eigenvalue weighted by Gasteiger charge is -2.35. The Morgan fingerprint density at radius 1 is 1.04 bits per heavy atom. The van der Waals surface area contributed by atoms with Gasteiger partial charge in [-0.15, -0.1) is 0 Å². The van der Waals surface area contributed by atoms with E-state index in [1.54, 1.807) is 0 Å². The second kappa shape index (κ2) is 8.19. The third kappa shape index (κ3) is 4.52. The molecular weight excluding hydrogens is 322 g/mol. The molecule has 0 spiro atoms. The molecule has 0 saturated heterocycles. The van der Waals surface area contributed by atoms with Gasteiger partial charge in [0.2, 0.25) is 0 Å². The fraction of sp³-hybridized carbons (Fsp3) is 0.391. The number of carbonyl (C=O) groups is 1. The molecule has 0 N–H and O–H groups in total. The molecule has 2 aromatic carbocycles. The summed E-state index contributed by atoms with van der Waals surface area (Å²) in [6.07, 6.45) is 0.771. The Morgan fingerprint density at radius 3 is 2.04 bits per heavy atom. The quantitative estimate of drug-likeness (QED) is 0.658. The lowest BCUT2D eigenvalue weighted by atomic mass is 9.65. The molecule has 0 heterocycles. The van der Waals surface area contributed by atoms with Crippen molar-refractivity contribution < 1.29 is 9.53 Å². The first-order valence-electron chi connectivity index (χ1n) is 9.06. The van der Waals surface area contributed by atoms with Crippen molar-refractivity contribution in [1.82, 2.24) is 0 Å². The maximum atomic E-state index is 12.6. The lowest BCUT2D eigenvalue weighted by Crippen LogP contribution is -2.35. The van der Waals surface area contributed by atoms with E-state index >= 15 is 0 Å². The Morgan fingerprint density at radius 2 is 1.58 bits per heavy atom. The number of nitrogens with zero attached hydrogens (tertiary/aromatic N) is 1.